The van der Waals surface area contributed by atoms with Gasteiger partial charge in [0.15, 0.2) is 0 Å². The minimum Gasteiger partial charge on any atom is -0.444 e. The molecular weight excluding hydrogens is 1290 g/mol. The van der Waals surface area contributed by atoms with E-state index < -0.39 is 10.1 Å². The van der Waals surface area contributed by atoms with Crippen LogP contribution in [0.1, 0.15) is 185 Å². The third-order valence-corrected chi connectivity index (χ3v) is 22.4. The Balaban J connectivity index is 0.000000160. The summed E-state index contributed by atoms with van der Waals surface area (Å²) in [6, 6.07) is 0. The average molecular weight is 1400 g/mol. The first-order chi connectivity index (χ1) is 43.3. The van der Waals surface area contributed by atoms with Crippen molar-refractivity contribution in [2.24, 2.45) is 53.3 Å². The summed E-state index contributed by atoms with van der Waals surface area (Å²) in [6.07, 6.45) is 28.6. The lowest BCUT2D eigenvalue weighted by molar-refractivity contribution is -0.0171. The molecule has 14 fully saturated rings. The fraction of sp³-hybridized carbons (Fsp3) is 0.803. The van der Waals surface area contributed by atoms with Gasteiger partial charge in [0, 0.05) is 92.6 Å². The monoisotopic (exact) mass is 1400 g/mol. The van der Waals surface area contributed by atoms with E-state index >= 15 is 0 Å². The normalized spacial score (nSPS) is 30.7. The van der Waals surface area contributed by atoms with Gasteiger partial charge in [-0.25, -0.2) is 4.79 Å². The van der Waals surface area contributed by atoms with Gasteiger partial charge in [-0.05, 0) is 210 Å². The molecule has 17 rings (SSSR count). The number of alkyl halides is 2. The second kappa shape index (κ2) is 32.3. The third kappa shape index (κ3) is 19.5. The Morgan fingerprint density at radius 2 is 0.849 bits per heavy atom. The first-order valence-corrected chi connectivity index (χ1v) is 36.9. The molecule has 0 radical (unpaired) electrons. The van der Waals surface area contributed by atoms with E-state index in [-0.39, 0.29) is 89.4 Å². The van der Waals surface area contributed by atoms with Gasteiger partial charge in [-0.2, -0.15) is 23.7 Å². The fourth-order valence-electron chi connectivity index (χ4n) is 19.1. The number of rotatable bonds is 15. The molecule has 27 heteroatoms. The van der Waals surface area contributed by atoms with Crippen molar-refractivity contribution in [1.82, 2.24) is 65.7 Å². The summed E-state index contributed by atoms with van der Waals surface area (Å²) in [5.41, 5.74) is 4.28. The number of piperazine rings is 2. The summed E-state index contributed by atoms with van der Waals surface area (Å²) in [5, 5.41) is 39.0. The van der Waals surface area contributed by atoms with Crippen molar-refractivity contribution in [2.45, 2.75) is 199 Å². The van der Waals surface area contributed by atoms with Crippen LogP contribution in [0, 0.1) is 74.0 Å². The Hall–Kier alpha value is -3.78. The predicted molar refractivity (Wildman–Crippen MR) is 365 cm³/mol. The molecular formula is C66H107Cl4N13O9S. The molecule has 12 aliphatic carbocycles. The molecule has 0 unspecified atom stereocenters. The zero-order valence-electron chi connectivity index (χ0n) is 56.0. The fourth-order valence-corrected chi connectivity index (χ4v) is 19.5. The number of aliphatic hydroxyl groups is 1. The SMILES string of the molecule is CC(C)(C)OC(=O)N1CCNCC1.Cc1c(C(=O)NC23CC4CC(CC(C4)C2)C3)cnn1CCN1CCNCC1.Cc1c(C(=O)NC23CC4CC(CC(C4)C2)C3)cnn1CCO.Cc1c(C(=O)NC23CC4CC(CC(C4)C2)C3)cnn1CCOS(C)(=O)=O.Cl.Cl.ClCCl. The smallest absolute Gasteiger partial charge is 0.410 e. The van der Waals surface area contributed by atoms with E-state index in [1.54, 1.807) is 32.9 Å². The van der Waals surface area contributed by atoms with Crippen LogP contribution < -0.4 is 26.6 Å². The van der Waals surface area contributed by atoms with Gasteiger partial charge in [-0.3, -0.25) is 37.5 Å². The lowest BCUT2D eigenvalue weighted by Gasteiger charge is -2.56. The van der Waals surface area contributed by atoms with E-state index in [9.17, 15) is 27.6 Å². The quantitative estimate of drug-likeness (QED) is 0.0615. The molecule has 14 aliphatic rings. The molecule has 0 spiro atoms. The van der Waals surface area contributed by atoms with Gasteiger partial charge in [0.05, 0.1) is 79.7 Å². The lowest BCUT2D eigenvalue weighted by Crippen LogP contribution is -2.59. The van der Waals surface area contributed by atoms with Gasteiger partial charge in [0.25, 0.3) is 27.8 Å². The molecule has 3 aromatic rings. The van der Waals surface area contributed by atoms with E-state index in [0.717, 1.165) is 186 Å². The number of aliphatic hydroxyl groups excluding tert-OH is 1. The van der Waals surface area contributed by atoms with Crippen molar-refractivity contribution >= 4 is 81.9 Å². The number of hydrogen-bond donors (Lipinski definition) is 6. The first-order valence-electron chi connectivity index (χ1n) is 34.1. The largest absolute Gasteiger partial charge is 0.444 e. The van der Waals surface area contributed by atoms with Crippen LogP contribution >= 0.6 is 48.0 Å². The van der Waals surface area contributed by atoms with Crippen LogP contribution in [0.15, 0.2) is 18.6 Å². The number of carbonyl (C=O) groups excluding carboxylic acids is 4. The Labute approximate surface area is 574 Å². The lowest BCUT2D eigenvalue weighted by atomic mass is 9.53. The van der Waals surface area contributed by atoms with Crippen molar-refractivity contribution in [3.05, 3.63) is 52.4 Å². The molecule has 12 saturated carbocycles. The summed E-state index contributed by atoms with van der Waals surface area (Å²) in [7, 11) is -3.47. The van der Waals surface area contributed by atoms with E-state index in [2.05, 4.69) is 46.8 Å². The molecule has 3 aromatic heterocycles. The topological polar surface area (TPSA) is 261 Å². The van der Waals surface area contributed by atoms with E-state index in [1.807, 2.05) is 46.2 Å². The zero-order chi connectivity index (χ0) is 64.9. The zero-order valence-corrected chi connectivity index (χ0v) is 60.0. The number of nitrogens with zero attached hydrogens (tertiary/aromatic N) is 8. The standard InChI is InChI=1S/C21H33N5O.C18H27N3O4S.C17H25N3O2.C9H18N2O2.CH2Cl2.2ClH/c1-15-19(14-23-26(15)7-6-25-4-2-22-3-5-25)20(27)24-21-11-16-8-17(12-21)10-18(9-16)13-21;1-12-16(11-19-21(12)3-4-25-26(2,23)24)17(22)20-18-8-13-5-14(9-18)7-15(6-13)10-18;1-11-15(10-18-20(11)2-3-21)16(22)19-17-7-12-4-13(8-17)6-14(5-12)9-17;1-9(2,3)13-8(12)11-6-4-10-5-7-11;2-1-3;;/h14,16-18,22H,2-13H2,1H3,(H,24,27);11,13-15H,3-10H2,1-2H3,(H,20,22);10,12-14,21H,2-9H2,1H3,(H,19,22);10H,4-7H2,1-3H3;1H2;2*1H. The maximum atomic E-state index is 13.1. The number of hydrogen-bond acceptors (Lipinski definition) is 15. The second-order valence-corrected chi connectivity index (χ2v) is 32.7. The highest BCUT2D eigenvalue weighted by molar-refractivity contribution is 7.85. The Bertz CT molecular complexity index is 3000. The number of amides is 4. The third-order valence-electron chi connectivity index (χ3n) is 21.8. The highest BCUT2D eigenvalue weighted by Crippen LogP contribution is 2.58. The highest BCUT2D eigenvalue weighted by Gasteiger charge is 2.54. The summed E-state index contributed by atoms with van der Waals surface area (Å²) in [6.45, 7) is 21.6. The summed E-state index contributed by atoms with van der Waals surface area (Å²) >= 11 is 9.53. The molecule has 2 saturated heterocycles. The van der Waals surface area contributed by atoms with Gasteiger partial charge in [0.2, 0.25) is 0 Å². The van der Waals surface area contributed by atoms with Crippen LogP contribution in [-0.4, -0.2) is 182 Å². The average Bonchev–Trinajstić information content (AvgIpc) is 1.48. The minimum atomic E-state index is -3.47. The van der Waals surface area contributed by atoms with Crippen molar-refractivity contribution in [1.29, 1.82) is 0 Å². The molecule has 93 heavy (non-hydrogen) atoms. The number of nitrogens with one attached hydrogen (secondary N) is 5. The summed E-state index contributed by atoms with van der Waals surface area (Å²) in [4.78, 5) is 54.4. The Kier molecular flexibility index (Phi) is 26.0. The van der Waals surface area contributed by atoms with Crippen LogP contribution in [0.25, 0.3) is 0 Å². The molecule has 4 amide bonds. The molecule has 0 atom stereocenters. The van der Waals surface area contributed by atoms with Gasteiger partial charge >= 0.3 is 6.09 Å². The number of aromatic nitrogens is 6. The van der Waals surface area contributed by atoms with Gasteiger partial charge < -0.3 is 41.3 Å². The van der Waals surface area contributed by atoms with Crippen LogP contribution in [0.5, 0.6) is 0 Å². The van der Waals surface area contributed by atoms with Crippen LogP contribution in [0.3, 0.4) is 0 Å². The number of ether oxygens (including phenoxy) is 1. The van der Waals surface area contributed by atoms with Crippen molar-refractivity contribution in [3.63, 3.8) is 0 Å². The maximum absolute atomic E-state index is 13.1. The second-order valence-electron chi connectivity index (χ2n) is 30.2. The maximum Gasteiger partial charge on any atom is 0.410 e. The van der Waals surface area contributed by atoms with E-state index in [1.165, 1.54) is 77.0 Å². The predicted octanol–water partition coefficient (Wildman–Crippen LogP) is 8.64. The number of halogens is 4. The molecule has 0 aromatic carbocycles. The van der Waals surface area contributed by atoms with Crippen molar-refractivity contribution in [3.8, 4) is 0 Å². The molecule has 6 N–H and O–H groups in total. The van der Waals surface area contributed by atoms with E-state index in [4.69, 9.17) is 37.2 Å². The molecule has 524 valence electrons. The van der Waals surface area contributed by atoms with Gasteiger partial charge in [-0.15, -0.1) is 48.0 Å². The van der Waals surface area contributed by atoms with E-state index in [0.29, 0.717) is 24.2 Å². The summed E-state index contributed by atoms with van der Waals surface area (Å²) < 4.78 is 37.4. The molecule has 2 aliphatic heterocycles. The Morgan fingerprint density at radius 1 is 0.548 bits per heavy atom. The van der Waals surface area contributed by atoms with Crippen molar-refractivity contribution < 1.29 is 41.6 Å². The summed E-state index contributed by atoms with van der Waals surface area (Å²) in [5.74, 6) is 7.40. The first kappa shape index (κ1) is 75.0. The molecule has 22 nitrogen and oxygen atoms in total. The van der Waals surface area contributed by atoms with Gasteiger partial charge in [0.1, 0.15) is 5.60 Å². The van der Waals surface area contributed by atoms with Crippen molar-refractivity contribution in [2.75, 3.05) is 83.7 Å². The van der Waals surface area contributed by atoms with Crippen LogP contribution in [-0.2, 0) is 38.7 Å². The molecule has 12 bridgehead atoms. The highest BCUT2D eigenvalue weighted by atomic mass is 35.5. The minimum absolute atomic E-state index is 0. The number of carbonyl (C=O) groups is 4. The van der Waals surface area contributed by atoms with Gasteiger partial charge in [-0.1, -0.05) is 0 Å². The van der Waals surface area contributed by atoms with Crippen LogP contribution in [0.2, 0.25) is 0 Å². The van der Waals surface area contributed by atoms with Crippen LogP contribution in [0.4, 0.5) is 4.79 Å². The molecule has 5 heterocycles. The Morgan fingerprint density at radius 3 is 1.15 bits per heavy atom.